The molecule has 0 aromatic carbocycles. The summed E-state index contributed by atoms with van der Waals surface area (Å²) in [4.78, 5) is 22.9. The zero-order chi connectivity index (χ0) is 11.4. The average molecular weight is 222 g/mol. The summed E-state index contributed by atoms with van der Waals surface area (Å²) in [5.41, 5.74) is 0.392. The number of carbonyl (C=O) groups excluding carboxylic acids is 2. The maximum Gasteiger partial charge on any atom is 0.333 e. The minimum absolute atomic E-state index is 0.0646. The van der Waals surface area contributed by atoms with E-state index in [2.05, 4.69) is 6.58 Å². The van der Waals surface area contributed by atoms with Crippen LogP contribution in [0.3, 0.4) is 0 Å². The van der Waals surface area contributed by atoms with Gasteiger partial charge in [0.15, 0.2) is 0 Å². The van der Waals surface area contributed by atoms with Crippen LogP contribution < -0.4 is 0 Å². The predicted octanol–water partition coefficient (Wildman–Crippen LogP) is 1.06. The third-order valence-electron chi connectivity index (χ3n) is 4.01. The molecule has 16 heavy (non-hydrogen) atoms. The maximum atomic E-state index is 11.5. The highest BCUT2D eigenvalue weighted by Crippen LogP contribution is 2.55. The summed E-state index contributed by atoms with van der Waals surface area (Å²) in [5.74, 6) is 0.161. The number of carbonyl (C=O) groups is 2. The molecule has 1 heterocycles. The highest BCUT2D eigenvalue weighted by molar-refractivity contribution is 5.87. The Labute approximate surface area is 93.6 Å². The van der Waals surface area contributed by atoms with E-state index in [1.54, 1.807) is 6.92 Å². The molecule has 1 aliphatic heterocycles. The van der Waals surface area contributed by atoms with Crippen LogP contribution in [0, 0.1) is 17.8 Å². The number of rotatable bonds is 2. The van der Waals surface area contributed by atoms with Crippen LogP contribution in [0.2, 0.25) is 0 Å². The summed E-state index contributed by atoms with van der Waals surface area (Å²) in [6.45, 7) is 5.18. The van der Waals surface area contributed by atoms with Crippen molar-refractivity contribution in [2.45, 2.75) is 32.0 Å². The summed E-state index contributed by atoms with van der Waals surface area (Å²) in [5, 5.41) is 0. The standard InChI is InChI=1S/C12H14O4/c1-5(2)11(13)15-9-6-3-7-8(4-6)12(14)16-10(7)9/h6-10H,1,3-4H2,2H3/t6-,7+,8?,9?,10?/m0/s1. The number of hydrogen-bond donors (Lipinski definition) is 0. The third-order valence-corrected chi connectivity index (χ3v) is 4.01. The minimum Gasteiger partial charge on any atom is -0.458 e. The number of ether oxygens (including phenoxy) is 2. The molecule has 3 fully saturated rings. The first-order chi connectivity index (χ1) is 7.58. The summed E-state index contributed by atoms with van der Waals surface area (Å²) in [6.07, 6.45) is 1.33. The van der Waals surface area contributed by atoms with Gasteiger partial charge in [-0.1, -0.05) is 6.58 Å². The lowest BCUT2D eigenvalue weighted by Crippen LogP contribution is -2.36. The van der Waals surface area contributed by atoms with Gasteiger partial charge in [-0.15, -0.1) is 0 Å². The first-order valence-corrected chi connectivity index (χ1v) is 5.65. The van der Waals surface area contributed by atoms with Crippen LogP contribution in [0.25, 0.3) is 0 Å². The minimum atomic E-state index is -0.378. The van der Waals surface area contributed by atoms with E-state index in [-0.39, 0.29) is 36.0 Å². The first kappa shape index (κ1) is 9.87. The Kier molecular flexibility index (Phi) is 1.91. The van der Waals surface area contributed by atoms with Gasteiger partial charge in [-0.3, -0.25) is 4.79 Å². The van der Waals surface area contributed by atoms with Crippen molar-refractivity contribution in [3.05, 3.63) is 12.2 Å². The van der Waals surface area contributed by atoms with Crippen LogP contribution in [0.1, 0.15) is 19.8 Å². The molecule has 0 amide bonds. The molecular weight excluding hydrogens is 208 g/mol. The molecule has 0 N–H and O–H groups in total. The van der Waals surface area contributed by atoms with Gasteiger partial charge in [-0.25, -0.2) is 4.79 Å². The van der Waals surface area contributed by atoms with Gasteiger partial charge in [0.25, 0.3) is 0 Å². The quantitative estimate of drug-likeness (QED) is 0.517. The smallest absolute Gasteiger partial charge is 0.333 e. The Hall–Kier alpha value is -1.32. The van der Waals surface area contributed by atoms with E-state index in [0.717, 1.165) is 12.8 Å². The molecule has 0 aromatic rings. The van der Waals surface area contributed by atoms with E-state index in [0.29, 0.717) is 11.5 Å². The SMILES string of the molecule is C=C(C)C(=O)OC1C2OC(=O)C3C[C@@H]1C[C@H]32. The third kappa shape index (κ3) is 1.16. The van der Waals surface area contributed by atoms with E-state index in [1.807, 2.05) is 0 Å². The normalized spacial score (nSPS) is 43.3. The molecule has 3 aliphatic rings. The lowest BCUT2D eigenvalue weighted by molar-refractivity contribution is -0.158. The number of fused-ring (bicyclic) bond motifs is 1. The fraction of sp³-hybridized carbons (Fsp3) is 0.667. The van der Waals surface area contributed by atoms with Crippen molar-refractivity contribution in [3.8, 4) is 0 Å². The van der Waals surface area contributed by atoms with Crippen LogP contribution in [0.15, 0.2) is 12.2 Å². The molecular formula is C12H14O4. The number of hydrogen-bond acceptors (Lipinski definition) is 4. The van der Waals surface area contributed by atoms with Crippen molar-refractivity contribution in [2.24, 2.45) is 17.8 Å². The Morgan fingerprint density at radius 1 is 1.50 bits per heavy atom. The first-order valence-electron chi connectivity index (χ1n) is 5.65. The largest absolute Gasteiger partial charge is 0.458 e. The summed E-state index contributed by atoms with van der Waals surface area (Å²) in [7, 11) is 0. The Balaban J connectivity index is 1.77. The Bertz CT molecular complexity index is 386. The van der Waals surface area contributed by atoms with Crippen molar-refractivity contribution in [1.82, 2.24) is 0 Å². The zero-order valence-corrected chi connectivity index (χ0v) is 9.14. The van der Waals surface area contributed by atoms with Crippen LogP contribution in [-0.2, 0) is 19.1 Å². The van der Waals surface area contributed by atoms with Gasteiger partial charge in [-0.2, -0.15) is 0 Å². The van der Waals surface area contributed by atoms with Gasteiger partial charge in [0, 0.05) is 17.4 Å². The average Bonchev–Trinajstić information content (AvgIpc) is 2.81. The molecule has 86 valence electrons. The maximum absolute atomic E-state index is 11.5. The topological polar surface area (TPSA) is 52.6 Å². The van der Waals surface area contributed by atoms with E-state index in [4.69, 9.17) is 9.47 Å². The van der Waals surface area contributed by atoms with E-state index in [9.17, 15) is 9.59 Å². The molecule has 3 unspecified atom stereocenters. The molecule has 4 heteroatoms. The van der Waals surface area contributed by atoms with Crippen molar-refractivity contribution in [1.29, 1.82) is 0 Å². The van der Waals surface area contributed by atoms with E-state index in [1.165, 1.54) is 0 Å². The molecule has 0 spiro atoms. The van der Waals surface area contributed by atoms with Gasteiger partial charge in [-0.05, 0) is 19.8 Å². The summed E-state index contributed by atoms with van der Waals surface area (Å²) in [6, 6.07) is 0. The summed E-state index contributed by atoms with van der Waals surface area (Å²) < 4.78 is 10.7. The fourth-order valence-electron chi connectivity index (χ4n) is 3.29. The molecule has 0 radical (unpaired) electrons. The van der Waals surface area contributed by atoms with Crippen LogP contribution in [0.4, 0.5) is 0 Å². The Morgan fingerprint density at radius 3 is 2.94 bits per heavy atom. The molecule has 2 saturated carbocycles. The van der Waals surface area contributed by atoms with Crippen molar-refractivity contribution < 1.29 is 19.1 Å². The van der Waals surface area contributed by atoms with Crippen LogP contribution in [-0.4, -0.2) is 24.1 Å². The van der Waals surface area contributed by atoms with Crippen LogP contribution in [0.5, 0.6) is 0 Å². The second-order valence-electron chi connectivity index (χ2n) is 5.05. The van der Waals surface area contributed by atoms with Crippen molar-refractivity contribution in [3.63, 3.8) is 0 Å². The molecule has 1 saturated heterocycles. The van der Waals surface area contributed by atoms with Gasteiger partial charge in [0.1, 0.15) is 12.2 Å². The van der Waals surface area contributed by atoms with E-state index >= 15 is 0 Å². The molecule has 0 aromatic heterocycles. The fourth-order valence-corrected chi connectivity index (χ4v) is 3.29. The van der Waals surface area contributed by atoms with Gasteiger partial charge in [0.05, 0.1) is 5.92 Å². The lowest BCUT2D eigenvalue weighted by atomic mass is 9.88. The van der Waals surface area contributed by atoms with Crippen LogP contribution >= 0.6 is 0 Å². The van der Waals surface area contributed by atoms with Gasteiger partial charge < -0.3 is 9.47 Å². The number of esters is 2. The molecule has 3 rings (SSSR count). The second kappa shape index (κ2) is 3.09. The molecule has 4 nitrogen and oxygen atoms in total. The van der Waals surface area contributed by atoms with Gasteiger partial charge >= 0.3 is 11.9 Å². The highest BCUT2D eigenvalue weighted by atomic mass is 16.6. The van der Waals surface area contributed by atoms with Crippen molar-refractivity contribution in [2.75, 3.05) is 0 Å². The summed E-state index contributed by atoms with van der Waals surface area (Å²) >= 11 is 0. The zero-order valence-electron chi connectivity index (χ0n) is 9.14. The Morgan fingerprint density at radius 2 is 2.25 bits per heavy atom. The lowest BCUT2D eigenvalue weighted by Gasteiger charge is -2.25. The molecule has 5 atom stereocenters. The van der Waals surface area contributed by atoms with Gasteiger partial charge in [0.2, 0.25) is 0 Å². The van der Waals surface area contributed by atoms with E-state index < -0.39 is 0 Å². The predicted molar refractivity (Wildman–Crippen MR) is 54.3 cm³/mol. The van der Waals surface area contributed by atoms with Crippen molar-refractivity contribution >= 4 is 11.9 Å². The second-order valence-corrected chi connectivity index (χ2v) is 5.05. The molecule has 2 bridgehead atoms. The highest BCUT2D eigenvalue weighted by Gasteiger charge is 2.63. The monoisotopic (exact) mass is 222 g/mol. The molecule has 2 aliphatic carbocycles.